The lowest BCUT2D eigenvalue weighted by Crippen LogP contribution is -2.02. The highest BCUT2D eigenvalue weighted by molar-refractivity contribution is 5.82. The van der Waals surface area contributed by atoms with Crippen molar-refractivity contribution in [2.75, 3.05) is 0 Å². The first-order chi connectivity index (χ1) is 5.72. The Morgan fingerprint density at radius 1 is 1.83 bits per heavy atom. The van der Waals surface area contributed by atoms with Crippen molar-refractivity contribution < 1.29 is 9.53 Å². The summed E-state index contributed by atoms with van der Waals surface area (Å²) < 4.78 is 4.91. The smallest absolute Gasteiger partial charge is 0.335 e. The Morgan fingerprint density at radius 3 is 3.08 bits per heavy atom. The minimum atomic E-state index is -0.402. The Labute approximate surface area is 72.2 Å². The molecule has 1 aliphatic carbocycles. The molecule has 0 fully saturated rings. The number of rotatable bonds is 2. The first-order valence-electron chi connectivity index (χ1n) is 3.95. The van der Waals surface area contributed by atoms with Crippen molar-refractivity contribution in [1.82, 2.24) is 0 Å². The van der Waals surface area contributed by atoms with E-state index in [1.165, 1.54) is 0 Å². The van der Waals surface area contributed by atoms with E-state index in [0.29, 0.717) is 11.7 Å². The van der Waals surface area contributed by atoms with Crippen molar-refractivity contribution in [3.63, 3.8) is 0 Å². The molecule has 2 heteroatoms. The van der Waals surface area contributed by atoms with Crippen LogP contribution in [0.25, 0.3) is 0 Å². The van der Waals surface area contributed by atoms with Crippen LogP contribution in [0.1, 0.15) is 13.3 Å². The van der Waals surface area contributed by atoms with Crippen LogP contribution in [0, 0.1) is 5.92 Å². The number of allylic oxidation sites excluding steroid dienone is 3. The first-order valence-corrected chi connectivity index (χ1v) is 3.95. The maximum Gasteiger partial charge on any atom is 0.335 e. The van der Waals surface area contributed by atoms with Gasteiger partial charge in [-0.2, -0.15) is 0 Å². The van der Waals surface area contributed by atoms with Gasteiger partial charge in [0.15, 0.2) is 0 Å². The minimum absolute atomic E-state index is 0.402. The van der Waals surface area contributed by atoms with Gasteiger partial charge in [-0.15, -0.1) is 0 Å². The summed E-state index contributed by atoms with van der Waals surface area (Å²) in [5, 5.41) is 0. The molecule has 12 heavy (non-hydrogen) atoms. The Bertz CT molecular complexity index is 249. The molecule has 0 aliphatic heterocycles. The Morgan fingerprint density at radius 2 is 2.58 bits per heavy atom. The van der Waals surface area contributed by atoms with Crippen LogP contribution in [-0.2, 0) is 9.53 Å². The molecule has 0 spiro atoms. The molecule has 2 nitrogen and oxygen atoms in total. The highest BCUT2D eigenvalue weighted by Gasteiger charge is 2.05. The lowest BCUT2D eigenvalue weighted by atomic mass is 10.0. The summed E-state index contributed by atoms with van der Waals surface area (Å²) in [6.07, 6.45) is 7.83. The molecule has 0 unspecified atom stereocenters. The van der Waals surface area contributed by atoms with Gasteiger partial charge >= 0.3 is 5.97 Å². The van der Waals surface area contributed by atoms with Crippen molar-refractivity contribution in [3.05, 3.63) is 36.6 Å². The van der Waals surface area contributed by atoms with Gasteiger partial charge in [-0.3, -0.25) is 0 Å². The highest BCUT2D eigenvalue weighted by Crippen LogP contribution is 2.16. The number of ether oxygens (including phenoxy) is 1. The molecule has 0 aromatic carbocycles. The Hall–Kier alpha value is -1.31. The van der Waals surface area contributed by atoms with Crippen LogP contribution in [0.3, 0.4) is 0 Å². The normalized spacial score (nSPS) is 21.4. The molecule has 64 valence electrons. The first kappa shape index (κ1) is 8.78. The van der Waals surface area contributed by atoms with Crippen molar-refractivity contribution >= 4 is 5.97 Å². The third-order valence-electron chi connectivity index (χ3n) is 1.66. The second-order valence-corrected chi connectivity index (χ2v) is 2.80. The summed E-state index contributed by atoms with van der Waals surface area (Å²) in [5.74, 6) is 0.759. The van der Waals surface area contributed by atoms with Gasteiger partial charge in [0.2, 0.25) is 0 Å². The molecule has 0 amide bonds. The molecule has 0 saturated carbocycles. The van der Waals surface area contributed by atoms with E-state index in [4.69, 9.17) is 4.74 Å². The summed E-state index contributed by atoms with van der Waals surface area (Å²) in [6.45, 7) is 5.43. The fourth-order valence-corrected chi connectivity index (χ4v) is 0.941. The Balaban J connectivity index is 2.50. The molecule has 0 saturated heterocycles. The average Bonchev–Trinajstić information content (AvgIpc) is 2.09. The van der Waals surface area contributed by atoms with Gasteiger partial charge in [0.1, 0.15) is 5.76 Å². The second-order valence-electron chi connectivity index (χ2n) is 2.80. The standard InChI is InChI=1S/C10H12O2/c1-3-10(11)12-9-6-4-8(2)5-7-9/h3-4,6-8H,1,5H2,2H3/t8-/m0/s1. The van der Waals surface area contributed by atoms with E-state index in [0.717, 1.165) is 12.5 Å². The van der Waals surface area contributed by atoms with Crippen LogP contribution in [0.2, 0.25) is 0 Å². The van der Waals surface area contributed by atoms with Gasteiger partial charge in [0.25, 0.3) is 0 Å². The van der Waals surface area contributed by atoms with E-state index in [-0.39, 0.29) is 0 Å². The van der Waals surface area contributed by atoms with E-state index >= 15 is 0 Å². The minimum Gasteiger partial charge on any atom is -0.424 e. The fraction of sp³-hybridized carbons (Fsp3) is 0.300. The molecule has 0 N–H and O–H groups in total. The fourth-order valence-electron chi connectivity index (χ4n) is 0.941. The molecular weight excluding hydrogens is 152 g/mol. The molecule has 0 aromatic heterocycles. The zero-order valence-electron chi connectivity index (χ0n) is 7.12. The summed E-state index contributed by atoms with van der Waals surface area (Å²) in [6, 6.07) is 0. The summed E-state index contributed by atoms with van der Waals surface area (Å²) in [4.78, 5) is 10.7. The van der Waals surface area contributed by atoms with Crippen molar-refractivity contribution in [2.45, 2.75) is 13.3 Å². The topological polar surface area (TPSA) is 26.3 Å². The number of hydrogen-bond donors (Lipinski definition) is 0. The van der Waals surface area contributed by atoms with Crippen LogP contribution < -0.4 is 0 Å². The zero-order valence-corrected chi connectivity index (χ0v) is 7.12. The van der Waals surface area contributed by atoms with Gasteiger partial charge in [-0.05, 0) is 24.5 Å². The average molecular weight is 164 g/mol. The lowest BCUT2D eigenvalue weighted by molar-refractivity contribution is -0.133. The van der Waals surface area contributed by atoms with E-state index in [9.17, 15) is 4.79 Å². The van der Waals surface area contributed by atoms with Crippen LogP contribution in [0.15, 0.2) is 36.6 Å². The lowest BCUT2D eigenvalue weighted by Gasteiger charge is -2.10. The molecule has 1 aliphatic rings. The van der Waals surface area contributed by atoms with Gasteiger partial charge in [0.05, 0.1) is 0 Å². The number of hydrogen-bond acceptors (Lipinski definition) is 2. The van der Waals surface area contributed by atoms with E-state index in [1.807, 2.05) is 18.2 Å². The van der Waals surface area contributed by atoms with E-state index in [2.05, 4.69) is 13.5 Å². The van der Waals surface area contributed by atoms with Gasteiger partial charge in [-0.1, -0.05) is 19.6 Å². The maximum atomic E-state index is 10.7. The van der Waals surface area contributed by atoms with Crippen LogP contribution in [0.5, 0.6) is 0 Å². The molecule has 1 atom stereocenters. The highest BCUT2D eigenvalue weighted by atomic mass is 16.5. The number of carbonyl (C=O) groups excluding carboxylic acids is 1. The predicted octanol–water partition coefficient (Wildman–Crippen LogP) is 2.20. The molecule has 0 aromatic rings. The monoisotopic (exact) mass is 164 g/mol. The molecule has 0 heterocycles. The van der Waals surface area contributed by atoms with Crippen molar-refractivity contribution in [3.8, 4) is 0 Å². The zero-order chi connectivity index (χ0) is 8.97. The molecular formula is C10H12O2. The van der Waals surface area contributed by atoms with E-state index in [1.54, 1.807) is 0 Å². The summed E-state index contributed by atoms with van der Waals surface area (Å²) in [5.41, 5.74) is 0. The molecule has 0 bridgehead atoms. The van der Waals surface area contributed by atoms with Gasteiger partial charge in [-0.25, -0.2) is 4.79 Å². The quantitative estimate of drug-likeness (QED) is 0.462. The van der Waals surface area contributed by atoms with E-state index < -0.39 is 5.97 Å². The summed E-state index contributed by atoms with van der Waals surface area (Å²) >= 11 is 0. The molecule has 0 radical (unpaired) electrons. The second kappa shape index (κ2) is 3.90. The van der Waals surface area contributed by atoms with Crippen molar-refractivity contribution in [1.29, 1.82) is 0 Å². The van der Waals surface area contributed by atoms with Crippen molar-refractivity contribution in [2.24, 2.45) is 5.92 Å². The molecule has 1 rings (SSSR count). The van der Waals surface area contributed by atoms with Crippen LogP contribution >= 0.6 is 0 Å². The van der Waals surface area contributed by atoms with Gasteiger partial charge in [0, 0.05) is 6.08 Å². The van der Waals surface area contributed by atoms with Crippen LogP contribution in [0.4, 0.5) is 0 Å². The third kappa shape index (κ3) is 2.38. The Kier molecular flexibility index (Phi) is 2.86. The summed E-state index contributed by atoms with van der Waals surface area (Å²) in [7, 11) is 0. The predicted molar refractivity (Wildman–Crippen MR) is 47.3 cm³/mol. The maximum absolute atomic E-state index is 10.7. The largest absolute Gasteiger partial charge is 0.424 e. The van der Waals surface area contributed by atoms with Gasteiger partial charge < -0.3 is 4.74 Å². The SMILES string of the molecule is C=CC(=O)OC1=CC[C@@H](C)C=C1. The third-order valence-corrected chi connectivity index (χ3v) is 1.66. The number of esters is 1. The number of carbonyl (C=O) groups is 1. The van der Waals surface area contributed by atoms with Crippen LogP contribution in [-0.4, -0.2) is 5.97 Å².